The van der Waals surface area contributed by atoms with E-state index in [0.717, 1.165) is 18.5 Å². The van der Waals surface area contributed by atoms with Crippen molar-refractivity contribution in [2.45, 2.75) is 19.3 Å². The van der Waals surface area contributed by atoms with Crippen molar-refractivity contribution in [2.24, 2.45) is 10.7 Å². The Balaban J connectivity index is 0.000000796. The Hall–Kier alpha value is -2.18. The number of carbonyl (C=O) groups is 3. The zero-order valence-corrected chi connectivity index (χ0v) is 12.0. The van der Waals surface area contributed by atoms with Gasteiger partial charge in [0.15, 0.2) is 0 Å². The smallest absolute Gasteiger partial charge is 0.237 e. The van der Waals surface area contributed by atoms with Crippen molar-refractivity contribution in [1.82, 2.24) is 10.2 Å². The minimum Gasteiger partial charge on any atom is -0.368 e. The van der Waals surface area contributed by atoms with Crippen molar-refractivity contribution in [3.8, 4) is 0 Å². The van der Waals surface area contributed by atoms with Gasteiger partial charge >= 0.3 is 0 Å². The molecule has 7 nitrogen and oxygen atoms in total. The maximum atomic E-state index is 11.6. The van der Waals surface area contributed by atoms with E-state index in [1.807, 2.05) is 6.21 Å². The molecule has 0 fully saturated rings. The average molecular weight is 282 g/mol. The first-order valence-corrected chi connectivity index (χ1v) is 6.33. The van der Waals surface area contributed by atoms with Crippen LogP contribution < -0.4 is 11.1 Å². The SMILES string of the molecule is CN(CC(N)=O)C(=O)CCC1=CCCN=C1.CNC=O. The summed E-state index contributed by atoms with van der Waals surface area (Å²) >= 11 is 0. The molecular weight excluding hydrogens is 260 g/mol. The molecule has 1 aliphatic rings. The highest BCUT2D eigenvalue weighted by Crippen LogP contribution is 2.09. The molecule has 7 heteroatoms. The van der Waals surface area contributed by atoms with E-state index in [4.69, 9.17) is 10.5 Å². The Kier molecular flexibility index (Phi) is 9.55. The summed E-state index contributed by atoms with van der Waals surface area (Å²) in [7, 11) is 3.14. The van der Waals surface area contributed by atoms with Gasteiger partial charge in [0.25, 0.3) is 0 Å². The van der Waals surface area contributed by atoms with E-state index in [2.05, 4.69) is 16.4 Å². The van der Waals surface area contributed by atoms with Crippen LogP contribution in [0.3, 0.4) is 0 Å². The quantitative estimate of drug-likeness (QED) is 0.640. The number of hydrogen-bond acceptors (Lipinski definition) is 4. The fourth-order valence-electron chi connectivity index (χ4n) is 1.49. The average Bonchev–Trinajstić information content (AvgIpc) is 2.45. The number of amides is 3. The topological polar surface area (TPSA) is 105 Å². The third kappa shape index (κ3) is 8.84. The van der Waals surface area contributed by atoms with Crippen LogP contribution >= 0.6 is 0 Å². The number of carbonyl (C=O) groups excluding carboxylic acids is 3. The van der Waals surface area contributed by atoms with Gasteiger partial charge in [0.05, 0.1) is 6.54 Å². The summed E-state index contributed by atoms with van der Waals surface area (Å²) in [4.78, 5) is 36.7. The van der Waals surface area contributed by atoms with E-state index in [-0.39, 0.29) is 12.5 Å². The van der Waals surface area contributed by atoms with Crippen LogP contribution in [0.25, 0.3) is 0 Å². The Labute approximate surface area is 118 Å². The van der Waals surface area contributed by atoms with E-state index in [0.29, 0.717) is 19.3 Å². The van der Waals surface area contributed by atoms with Crippen molar-refractivity contribution in [3.05, 3.63) is 11.6 Å². The molecule has 0 aromatic heterocycles. The molecule has 1 rings (SSSR count). The summed E-state index contributed by atoms with van der Waals surface area (Å²) in [5.74, 6) is -0.562. The van der Waals surface area contributed by atoms with Gasteiger partial charge in [-0.15, -0.1) is 0 Å². The zero-order chi connectivity index (χ0) is 15.4. The lowest BCUT2D eigenvalue weighted by Crippen LogP contribution is -2.35. The molecule has 0 bridgehead atoms. The van der Waals surface area contributed by atoms with E-state index in [9.17, 15) is 9.59 Å². The van der Waals surface area contributed by atoms with Gasteiger partial charge in [-0.05, 0) is 18.4 Å². The fourth-order valence-corrected chi connectivity index (χ4v) is 1.49. The highest BCUT2D eigenvalue weighted by molar-refractivity contribution is 5.85. The molecule has 1 heterocycles. The van der Waals surface area contributed by atoms with Gasteiger partial charge in [0, 0.05) is 33.3 Å². The molecule has 0 spiro atoms. The van der Waals surface area contributed by atoms with E-state index in [1.54, 1.807) is 14.1 Å². The van der Waals surface area contributed by atoms with Crippen LogP contribution in [0.5, 0.6) is 0 Å². The van der Waals surface area contributed by atoms with Gasteiger partial charge in [-0.25, -0.2) is 0 Å². The number of nitrogens with zero attached hydrogens (tertiary/aromatic N) is 2. The standard InChI is InChI=1S/C11H17N3O2.C2H5NO/c1-14(8-10(12)15)11(16)5-4-9-3-2-6-13-7-9;1-3-2-4/h3,7H,2,4-6,8H2,1H3,(H2,12,15);2H,1H3,(H,3,4). The molecule has 3 N–H and O–H groups in total. The lowest BCUT2D eigenvalue weighted by molar-refractivity contribution is -0.133. The van der Waals surface area contributed by atoms with Crippen molar-refractivity contribution >= 4 is 24.4 Å². The number of primary amides is 1. The molecule has 0 aromatic rings. The predicted molar refractivity (Wildman–Crippen MR) is 77.2 cm³/mol. The third-order valence-corrected chi connectivity index (χ3v) is 2.49. The molecule has 0 saturated carbocycles. The van der Waals surface area contributed by atoms with E-state index in [1.165, 1.54) is 4.90 Å². The zero-order valence-electron chi connectivity index (χ0n) is 12.0. The Morgan fingerprint density at radius 2 is 2.20 bits per heavy atom. The number of nitrogens with two attached hydrogens (primary N) is 1. The normalized spacial score (nSPS) is 12.6. The number of nitrogens with one attached hydrogen (secondary N) is 1. The molecule has 20 heavy (non-hydrogen) atoms. The van der Waals surface area contributed by atoms with Crippen molar-refractivity contribution in [3.63, 3.8) is 0 Å². The molecule has 0 radical (unpaired) electrons. The summed E-state index contributed by atoms with van der Waals surface area (Å²) in [5, 5.41) is 2.25. The number of dihydropyridines is 1. The molecule has 0 atom stereocenters. The number of allylic oxidation sites excluding steroid dienone is 1. The lowest BCUT2D eigenvalue weighted by atomic mass is 10.1. The van der Waals surface area contributed by atoms with E-state index < -0.39 is 5.91 Å². The maximum absolute atomic E-state index is 11.6. The van der Waals surface area contributed by atoms with Crippen molar-refractivity contribution < 1.29 is 14.4 Å². The second kappa shape index (κ2) is 10.7. The summed E-state index contributed by atoms with van der Waals surface area (Å²) < 4.78 is 0. The summed E-state index contributed by atoms with van der Waals surface area (Å²) in [5.41, 5.74) is 6.09. The van der Waals surface area contributed by atoms with Crippen molar-refractivity contribution in [1.29, 1.82) is 0 Å². The minimum atomic E-state index is -0.491. The van der Waals surface area contributed by atoms with Gasteiger partial charge in [0.1, 0.15) is 0 Å². The van der Waals surface area contributed by atoms with E-state index >= 15 is 0 Å². The van der Waals surface area contributed by atoms with Crippen LogP contribution in [-0.2, 0) is 14.4 Å². The molecular formula is C13H22N4O3. The molecule has 0 saturated heterocycles. The third-order valence-electron chi connectivity index (χ3n) is 2.49. The Morgan fingerprint density at radius 1 is 1.55 bits per heavy atom. The van der Waals surface area contributed by atoms with Gasteiger partial charge < -0.3 is 16.0 Å². The number of hydrogen-bond donors (Lipinski definition) is 2. The summed E-state index contributed by atoms with van der Waals surface area (Å²) in [6.07, 6.45) is 6.53. The number of rotatable bonds is 6. The molecule has 3 amide bonds. The summed E-state index contributed by atoms with van der Waals surface area (Å²) in [6, 6.07) is 0. The van der Waals surface area contributed by atoms with Gasteiger partial charge in [-0.2, -0.15) is 0 Å². The van der Waals surface area contributed by atoms with Crippen LogP contribution in [0.1, 0.15) is 19.3 Å². The second-order valence-corrected chi connectivity index (χ2v) is 4.23. The monoisotopic (exact) mass is 282 g/mol. The van der Waals surface area contributed by atoms with Crippen LogP contribution in [0.4, 0.5) is 0 Å². The molecule has 1 aliphatic heterocycles. The molecule has 112 valence electrons. The Bertz CT molecular complexity index is 391. The second-order valence-electron chi connectivity index (χ2n) is 4.23. The van der Waals surface area contributed by atoms with Gasteiger partial charge in [0.2, 0.25) is 18.2 Å². The molecule has 0 aromatic carbocycles. The number of likely N-dealkylation sites (N-methyl/N-ethyl adjacent to an activating group) is 1. The minimum absolute atomic E-state index is 0.0219. The first kappa shape index (κ1) is 17.8. The van der Waals surface area contributed by atoms with Crippen molar-refractivity contribution in [2.75, 3.05) is 27.2 Å². The maximum Gasteiger partial charge on any atom is 0.237 e. The summed E-state index contributed by atoms with van der Waals surface area (Å²) in [6.45, 7) is 0.811. The highest BCUT2D eigenvalue weighted by Gasteiger charge is 2.11. The lowest BCUT2D eigenvalue weighted by Gasteiger charge is -2.15. The largest absolute Gasteiger partial charge is 0.368 e. The molecule has 0 aliphatic carbocycles. The van der Waals surface area contributed by atoms with Crippen LogP contribution in [-0.4, -0.2) is 56.5 Å². The first-order valence-electron chi connectivity index (χ1n) is 6.33. The highest BCUT2D eigenvalue weighted by atomic mass is 16.2. The predicted octanol–water partition coefficient (Wildman–Crippen LogP) is -0.527. The van der Waals surface area contributed by atoms with Crippen LogP contribution in [0, 0.1) is 0 Å². The fraction of sp³-hybridized carbons (Fsp3) is 0.538. The van der Waals surface area contributed by atoms with Gasteiger partial charge in [-0.3, -0.25) is 19.4 Å². The van der Waals surface area contributed by atoms with Crippen LogP contribution in [0.15, 0.2) is 16.6 Å². The Morgan fingerprint density at radius 3 is 2.65 bits per heavy atom. The van der Waals surface area contributed by atoms with Crippen LogP contribution in [0.2, 0.25) is 0 Å². The van der Waals surface area contributed by atoms with Gasteiger partial charge in [-0.1, -0.05) is 6.08 Å². The number of aliphatic imine (C=N–C) groups is 1. The molecule has 0 unspecified atom stereocenters. The first-order chi connectivity index (χ1) is 9.51.